The van der Waals surface area contributed by atoms with E-state index in [2.05, 4.69) is 47.2 Å². The number of nitriles is 2. The molecule has 0 aliphatic heterocycles. The molecule has 1 aliphatic rings. The van der Waals surface area contributed by atoms with Crippen molar-refractivity contribution in [1.82, 2.24) is 0 Å². The van der Waals surface area contributed by atoms with E-state index in [0.717, 1.165) is 55.7 Å². The number of unbranched alkanes of at least 4 members (excludes halogenated alkanes) is 3. The summed E-state index contributed by atoms with van der Waals surface area (Å²) >= 11 is 1.19. The molecule has 0 bridgehead atoms. The van der Waals surface area contributed by atoms with E-state index >= 15 is 0 Å². The normalized spacial score (nSPS) is 16.0. The van der Waals surface area contributed by atoms with Gasteiger partial charge in [0.1, 0.15) is 23.6 Å². The Bertz CT molecular complexity index is 1420. The van der Waals surface area contributed by atoms with Gasteiger partial charge in [-0.25, -0.2) is 0 Å². The number of hydrogen-bond acceptors (Lipinski definition) is 12. The maximum atomic E-state index is 12.2. The van der Waals surface area contributed by atoms with E-state index in [4.69, 9.17) is 23.7 Å². The quantitative estimate of drug-likeness (QED) is 0.0598. The molecule has 0 N–H and O–H groups in total. The first-order valence-corrected chi connectivity index (χ1v) is 18.9. The number of esters is 1. The number of anilines is 1. The average molecular weight is 710 g/mol. The molecule has 0 spiro atoms. The van der Waals surface area contributed by atoms with Crippen LogP contribution in [0.4, 0.5) is 16.4 Å². The third-order valence-electron chi connectivity index (χ3n) is 8.93. The van der Waals surface area contributed by atoms with Gasteiger partial charge in [0.15, 0.2) is 5.00 Å². The Morgan fingerprint density at radius 3 is 2.14 bits per heavy atom. The van der Waals surface area contributed by atoms with E-state index in [1.165, 1.54) is 37.0 Å². The molecule has 0 radical (unpaired) electrons. The van der Waals surface area contributed by atoms with Gasteiger partial charge < -0.3 is 28.6 Å². The lowest BCUT2D eigenvalue weighted by molar-refractivity contribution is -0.153. The number of ether oxygens (including phenoxy) is 5. The van der Waals surface area contributed by atoms with E-state index in [1.54, 1.807) is 6.92 Å². The largest absolute Gasteiger partial charge is 0.463 e. The summed E-state index contributed by atoms with van der Waals surface area (Å²) in [5.41, 5.74) is 3.85. The summed E-state index contributed by atoms with van der Waals surface area (Å²) in [6, 6.07) is 10.4. The van der Waals surface area contributed by atoms with Gasteiger partial charge in [-0.2, -0.15) is 10.5 Å². The van der Waals surface area contributed by atoms with E-state index in [0.29, 0.717) is 79.8 Å². The summed E-state index contributed by atoms with van der Waals surface area (Å²) in [5, 5.41) is 28.0. The van der Waals surface area contributed by atoms with Gasteiger partial charge in [-0.3, -0.25) is 4.79 Å². The number of carbonyl (C=O) groups excluding carboxylic acids is 1. The molecule has 2 aromatic rings. The summed E-state index contributed by atoms with van der Waals surface area (Å²) in [6.07, 6.45) is 9.04. The standard InChI is InChI=1S/C38H55N5O6S/c1-5-6-7-10-15-43(32-13-14-35(30(3)26-32)41-42-37-34(27-39)31(4)36(28-40)50-37)16-17-45-18-19-46-20-21-47-22-23-48-24-25-49-38(44)33-12-9-8-11-29(33)2/h13-14,26,29,33H,5-12,15-25H2,1-4H3/b42-41+. The van der Waals surface area contributed by atoms with Gasteiger partial charge in [0.25, 0.3) is 0 Å². The molecule has 0 amide bonds. The van der Waals surface area contributed by atoms with Gasteiger partial charge in [-0.05, 0) is 68.4 Å². The van der Waals surface area contributed by atoms with Gasteiger partial charge in [0.05, 0.1) is 70.0 Å². The van der Waals surface area contributed by atoms with Crippen LogP contribution in [0.3, 0.4) is 0 Å². The van der Waals surface area contributed by atoms with Crippen molar-refractivity contribution in [2.75, 3.05) is 77.5 Å². The van der Waals surface area contributed by atoms with Gasteiger partial charge in [-0.15, -0.1) is 21.6 Å². The molecule has 1 aromatic heterocycles. The summed E-state index contributed by atoms with van der Waals surface area (Å²) in [4.78, 5) is 15.1. The lowest BCUT2D eigenvalue weighted by Gasteiger charge is -2.26. The second-order valence-electron chi connectivity index (χ2n) is 12.7. The number of rotatable bonds is 24. The summed E-state index contributed by atoms with van der Waals surface area (Å²) in [5.74, 6) is 0.361. The SMILES string of the molecule is CCCCCCN(CCOCCOCCOCCOCCOC(=O)C1CCCCC1C)c1ccc(/N=N/c2sc(C#N)c(C)c2C#N)c(C)c1. The highest BCUT2D eigenvalue weighted by atomic mass is 32.1. The molecule has 3 rings (SSSR count). The zero-order valence-electron chi connectivity index (χ0n) is 30.4. The number of carbonyl (C=O) groups is 1. The molecule has 12 heteroatoms. The van der Waals surface area contributed by atoms with Gasteiger partial charge >= 0.3 is 5.97 Å². The first kappa shape index (κ1) is 41.0. The van der Waals surface area contributed by atoms with Crippen LogP contribution >= 0.6 is 11.3 Å². The average Bonchev–Trinajstić information content (AvgIpc) is 3.43. The molecule has 274 valence electrons. The fraction of sp³-hybridized carbons (Fsp3) is 0.658. The number of azo groups is 1. The molecular weight excluding hydrogens is 655 g/mol. The summed E-state index contributed by atoms with van der Waals surface area (Å²) in [7, 11) is 0. The predicted octanol–water partition coefficient (Wildman–Crippen LogP) is 8.35. The number of aryl methyl sites for hydroxylation is 1. The van der Waals surface area contributed by atoms with Crippen LogP contribution in [0.1, 0.15) is 86.8 Å². The van der Waals surface area contributed by atoms with Crippen LogP contribution in [0.25, 0.3) is 0 Å². The number of thiophene rings is 1. The Hall–Kier alpha value is -3.39. The molecular formula is C38H55N5O6S. The van der Waals surface area contributed by atoms with Crippen LogP contribution in [0.5, 0.6) is 0 Å². The first-order chi connectivity index (χ1) is 24.4. The second-order valence-corrected chi connectivity index (χ2v) is 13.7. The fourth-order valence-corrected chi connectivity index (χ4v) is 6.74. The van der Waals surface area contributed by atoms with E-state index < -0.39 is 0 Å². The zero-order valence-corrected chi connectivity index (χ0v) is 31.2. The van der Waals surface area contributed by atoms with Crippen LogP contribution < -0.4 is 4.90 Å². The Morgan fingerprint density at radius 1 is 0.860 bits per heavy atom. The maximum Gasteiger partial charge on any atom is 0.309 e. The van der Waals surface area contributed by atoms with Crippen LogP contribution in [-0.2, 0) is 28.5 Å². The lowest BCUT2D eigenvalue weighted by atomic mass is 9.80. The molecule has 0 saturated heterocycles. The van der Waals surface area contributed by atoms with Crippen molar-refractivity contribution in [3.8, 4) is 12.1 Å². The van der Waals surface area contributed by atoms with Gasteiger partial charge in [-0.1, -0.05) is 46.0 Å². The van der Waals surface area contributed by atoms with Crippen LogP contribution in [-0.4, -0.2) is 78.5 Å². The number of hydrogen-bond donors (Lipinski definition) is 0. The van der Waals surface area contributed by atoms with Gasteiger partial charge in [0, 0.05) is 18.8 Å². The van der Waals surface area contributed by atoms with Crippen LogP contribution in [0, 0.1) is 48.3 Å². The lowest BCUT2D eigenvalue weighted by Crippen LogP contribution is -2.29. The maximum absolute atomic E-state index is 12.2. The molecule has 1 aliphatic carbocycles. The molecule has 1 heterocycles. The molecule has 11 nitrogen and oxygen atoms in total. The number of nitrogens with zero attached hydrogens (tertiary/aromatic N) is 5. The monoisotopic (exact) mass is 709 g/mol. The highest BCUT2D eigenvalue weighted by molar-refractivity contribution is 7.16. The number of benzene rings is 1. The minimum atomic E-state index is -0.0847. The summed E-state index contributed by atoms with van der Waals surface area (Å²) in [6.45, 7) is 13.9. The van der Waals surface area contributed by atoms with Crippen molar-refractivity contribution in [2.45, 2.75) is 79.1 Å². The van der Waals surface area contributed by atoms with Crippen molar-refractivity contribution in [3.63, 3.8) is 0 Å². The second kappa shape index (κ2) is 23.9. The smallest absolute Gasteiger partial charge is 0.309 e. The molecule has 2 unspecified atom stereocenters. The molecule has 1 fully saturated rings. The Labute approximate surface area is 302 Å². The first-order valence-electron chi connectivity index (χ1n) is 18.1. The molecule has 1 aromatic carbocycles. The zero-order chi connectivity index (χ0) is 36.0. The highest BCUT2D eigenvalue weighted by Crippen LogP contribution is 2.36. The predicted molar refractivity (Wildman–Crippen MR) is 196 cm³/mol. The Kier molecular flexibility index (Phi) is 19.6. The Balaban J connectivity index is 1.30. The highest BCUT2D eigenvalue weighted by Gasteiger charge is 2.28. The van der Waals surface area contributed by atoms with Gasteiger partial charge in [0.2, 0.25) is 0 Å². The van der Waals surface area contributed by atoms with Crippen LogP contribution in [0.2, 0.25) is 0 Å². The third-order valence-corrected chi connectivity index (χ3v) is 10.0. The van der Waals surface area contributed by atoms with Crippen molar-refractivity contribution in [2.24, 2.45) is 22.1 Å². The van der Waals surface area contributed by atoms with E-state index in [1.807, 2.05) is 19.1 Å². The summed E-state index contributed by atoms with van der Waals surface area (Å²) < 4.78 is 28.0. The molecule has 2 atom stereocenters. The van der Waals surface area contributed by atoms with Crippen molar-refractivity contribution in [3.05, 3.63) is 39.8 Å². The fourth-order valence-electron chi connectivity index (χ4n) is 5.87. The van der Waals surface area contributed by atoms with Crippen LogP contribution in [0.15, 0.2) is 28.4 Å². The van der Waals surface area contributed by atoms with Crippen molar-refractivity contribution >= 4 is 33.7 Å². The van der Waals surface area contributed by atoms with E-state index in [9.17, 15) is 15.3 Å². The molecule has 50 heavy (non-hydrogen) atoms. The minimum absolute atomic E-state index is 0.0377. The van der Waals surface area contributed by atoms with E-state index in [-0.39, 0.29) is 18.5 Å². The van der Waals surface area contributed by atoms with Crippen molar-refractivity contribution < 1.29 is 28.5 Å². The third kappa shape index (κ3) is 14.1. The topological polar surface area (TPSA) is 139 Å². The van der Waals surface area contributed by atoms with Crippen molar-refractivity contribution in [1.29, 1.82) is 10.5 Å². The molecule has 1 saturated carbocycles. The minimum Gasteiger partial charge on any atom is -0.463 e. The Morgan fingerprint density at radius 2 is 1.52 bits per heavy atom.